The van der Waals surface area contributed by atoms with Crippen molar-refractivity contribution in [3.63, 3.8) is 0 Å². The number of hydrogen-bond acceptors (Lipinski definition) is 2. The number of pyridine rings is 1. The van der Waals surface area contributed by atoms with E-state index >= 15 is 0 Å². The van der Waals surface area contributed by atoms with Gasteiger partial charge < -0.3 is 0 Å². The third-order valence-electron chi connectivity index (χ3n) is 2.83. The molecule has 0 radical (unpaired) electrons. The zero-order valence-electron chi connectivity index (χ0n) is 8.00. The first-order valence-electron chi connectivity index (χ1n) is 4.59. The van der Waals surface area contributed by atoms with Gasteiger partial charge in [-0.1, -0.05) is 6.92 Å². The monoisotopic (exact) mass is 175 g/mol. The highest BCUT2D eigenvalue weighted by molar-refractivity contribution is 6.02. The van der Waals surface area contributed by atoms with Gasteiger partial charge in [0.05, 0.1) is 0 Å². The number of aromatic nitrogens is 1. The Balaban J connectivity index is 2.36. The summed E-state index contributed by atoms with van der Waals surface area (Å²) in [6.45, 7) is 3.99. The minimum absolute atomic E-state index is 0.0756. The standard InChI is InChI=1S/C11H13NO/c1-8-3-6-12-7-9(8)10(13)11(2)4-5-11/h3,6-7H,4-5H2,1-2H3. The van der Waals surface area contributed by atoms with E-state index in [4.69, 9.17) is 0 Å². The van der Waals surface area contributed by atoms with Gasteiger partial charge >= 0.3 is 0 Å². The molecule has 1 saturated carbocycles. The first kappa shape index (κ1) is 8.42. The van der Waals surface area contributed by atoms with E-state index in [2.05, 4.69) is 4.98 Å². The van der Waals surface area contributed by atoms with Crippen molar-refractivity contribution in [3.8, 4) is 0 Å². The molecule has 2 nitrogen and oxygen atoms in total. The number of hydrogen-bond donors (Lipinski definition) is 0. The topological polar surface area (TPSA) is 30.0 Å². The van der Waals surface area contributed by atoms with Gasteiger partial charge in [0.15, 0.2) is 5.78 Å². The highest BCUT2D eigenvalue weighted by atomic mass is 16.1. The van der Waals surface area contributed by atoms with Gasteiger partial charge in [-0.3, -0.25) is 9.78 Å². The lowest BCUT2D eigenvalue weighted by Crippen LogP contribution is -2.13. The second kappa shape index (κ2) is 2.66. The fourth-order valence-electron chi connectivity index (χ4n) is 1.44. The van der Waals surface area contributed by atoms with Crippen molar-refractivity contribution < 1.29 is 4.79 Å². The molecule has 2 rings (SSSR count). The van der Waals surface area contributed by atoms with Crippen LogP contribution in [0.5, 0.6) is 0 Å². The third-order valence-corrected chi connectivity index (χ3v) is 2.83. The van der Waals surface area contributed by atoms with E-state index in [1.807, 2.05) is 19.9 Å². The van der Waals surface area contributed by atoms with E-state index in [9.17, 15) is 4.79 Å². The van der Waals surface area contributed by atoms with Crippen LogP contribution in [-0.4, -0.2) is 10.8 Å². The fraction of sp³-hybridized carbons (Fsp3) is 0.455. The molecule has 13 heavy (non-hydrogen) atoms. The van der Waals surface area contributed by atoms with E-state index in [-0.39, 0.29) is 11.2 Å². The first-order valence-corrected chi connectivity index (χ1v) is 4.59. The largest absolute Gasteiger partial charge is 0.293 e. The molecule has 0 spiro atoms. The first-order chi connectivity index (χ1) is 6.13. The van der Waals surface area contributed by atoms with Crippen molar-refractivity contribution in [1.29, 1.82) is 0 Å². The summed E-state index contributed by atoms with van der Waals surface area (Å²) < 4.78 is 0. The Bertz CT molecular complexity index is 353. The summed E-state index contributed by atoms with van der Waals surface area (Å²) in [5.74, 6) is 0.262. The van der Waals surface area contributed by atoms with Crippen LogP contribution in [0.1, 0.15) is 35.7 Å². The van der Waals surface area contributed by atoms with Gasteiger partial charge in [-0.2, -0.15) is 0 Å². The molecule has 1 aromatic rings. The van der Waals surface area contributed by atoms with Crippen LogP contribution in [-0.2, 0) is 0 Å². The molecule has 0 aliphatic heterocycles. The van der Waals surface area contributed by atoms with Gasteiger partial charge in [0, 0.05) is 23.4 Å². The summed E-state index contributed by atoms with van der Waals surface area (Å²) in [5.41, 5.74) is 1.75. The summed E-state index contributed by atoms with van der Waals surface area (Å²) in [4.78, 5) is 15.9. The van der Waals surface area contributed by atoms with Gasteiger partial charge in [0.2, 0.25) is 0 Å². The molecule has 0 N–H and O–H groups in total. The van der Waals surface area contributed by atoms with Crippen molar-refractivity contribution in [2.24, 2.45) is 5.41 Å². The summed E-state index contributed by atoms with van der Waals surface area (Å²) in [6, 6.07) is 1.89. The Morgan fingerprint density at radius 2 is 2.23 bits per heavy atom. The third kappa shape index (κ3) is 1.37. The van der Waals surface area contributed by atoms with Crippen LogP contribution in [0.25, 0.3) is 0 Å². The maximum atomic E-state index is 11.9. The van der Waals surface area contributed by atoms with Gasteiger partial charge in [0.1, 0.15) is 0 Å². The van der Waals surface area contributed by atoms with Crippen LogP contribution in [0.3, 0.4) is 0 Å². The Morgan fingerprint density at radius 1 is 1.54 bits per heavy atom. The number of carbonyl (C=O) groups is 1. The highest BCUT2D eigenvalue weighted by Gasteiger charge is 2.45. The van der Waals surface area contributed by atoms with Crippen LogP contribution in [0.2, 0.25) is 0 Å². The van der Waals surface area contributed by atoms with Crippen LogP contribution in [0, 0.1) is 12.3 Å². The smallest absolute Gasteiger partial charge is 0.170 e. The van der Waals surface area contributed by atoms with Crippen molar-refractivity contribution in [2.75, 3.05) is 0 Å². The lowest BCUT2D eigenvalue weighted by atomic mass is 9.95. The van der Waals surface area contributed by atoms with E-state index in [1.165, 1.54) is 0 Å². The molecular formula is C11H13NO. The average Bonchev–Trinajstić information content (AvgIpc) is 2.85. The van der Waals surface area contributed by atoms with Crippen molar-refractivity contribution >= 4 is 5.78 Å². The lowest BCUT2D eigenvalue weighted by molar-refractivity contribution is 0.0911. The summed E-state index contributed by atoms with van der Waals surface area (Å²) >= 11 is 0. The summed E-state index contributed by atoms with van der Waals surface area (Å²) in [7, 11) is 0. The van der Waals surface area contributed by atoms with E-state index < -0.39 is 0 Å². The van der Waals surface area contributed by atoms with Gasteiger partial charge in [-0.15, -0.1) is 0 Å². The molecule has 0 bridgehead atoms. The number of nitrogens with zero attached hydrogens (tertiary/aromatic N) is 1. The molecule has 68 valence electrons. The quantitative estimate of drug-likeness (QED) is 0.646. The summed E-state index contributed by atoms with van der Waals surface area (Å²) in [6.07, 6.45) is 5.46. The molecule has 0 amide bonds. The Kier molecular flexibility index (Phi) is 1.72. The second-order valence-corrected chi connectivity index (χ2v) is 4.08. The van der Waals surface area contributed by atoms with E-state index in [0.717, 1.165) is 24.0 Å². The molecule has 1 fully saturated rings. The van der Waals surface area contributed by atoms with Gasteiger partial charge in [-0.05, 0) is 31.4 Å². The SMILES string of the molecule is Cc1ccncc1C(=O)C1(C)CC1. The Labute approximate surface area is 78.0 Å². The molecule has 0 saturated heterocycles. The van der Waals surface area contributed by atoms with Gasteiger partial charge in [0.25, 0.3) is 0 Å². The van der Waals surface area contributed by atoms with Crippen molar-refractivity contribution in [3.05, 3.63) is 29.6 Å². The normalized spacial score (nSPS) is 18.3. The molecule has 0 unspecified atom stereocenters. The molecular weight excluding hydrogens is 162 g/mol. The highest BCUT2D eigenvalue weighted by Crippen LogP contribution is 2.47. The Hall–Kier alpha value is -1.18. The van der Waals surface area contributed by atoms with Crippen LogP contribution in [0.15, 0.2) is 18.5 Å². The van der Waals surface area contributed by atoms with E-state index in [1.54, 1.807) is 12.4 Å². The molecule has 1 heterocycles. The predicted octanol–water partition coefficient (Wildman–Crippen LogP) is 2.37. The fourth-order valence-corrected chi connectivity index (χ4v) is 1.44. The number of rotatable bonds is 2. The van der Waals surface area contributed by atoms with E-state index in [0.29, 0.717) is 0 Å². The lowest BCUT2D eigenvalue weighted by Gasteiger charge is -2.08. The maximum Gasteiger partial charge on any atom is 0.170 e. The average molecular weight is 175 g/mol. The van der Waals surface area contributed by atoms with Gasteiger partial charge in [-0.25, -0.2) is 0 Å². The number of carbonyl (C=O) groups excluding carboxylic acids is 1. The zero-order valence-corrected chi connectivity index (χ0v) is 8.00. The van der Waals surface area contributed by atoms with Crippen LogP contribution < -0.4 is 0 Å². The number of aryl methyl sites for hydroxylation is 1. The second-order valence-electron chi connectivity index (χ2n) is 4.08. The molecule has 1 aliphatic carbocycles. The minimum atomic E-state index is -0.0756. The van der Waals surface area contributed by atoms with Crippen LogP contribution >= 0.6 is 0 Å². The van der Waals surface area contributed by atoms with Crippen molar-refractivity contribution in [1.82, 2.24) is 4.98 Å². The Morgan fingerprint density at radius 3 is 2.77 bits per heavy atom. The number of ketones is 1. The molecule has 1 aromatic heterocycles. The maximum absolute atomic E-state index is 11.9. The molecule has 0 atom stereocenters. The van der Waals surface area contributed by atoms with Crippen LogP contribution in [0.4, 0.5) is 0 Å². The minimum Gasteiger partial charge on any atom is -0.293 e. The predicted molar refractivity (Wildman–Crippen MR) is 50.6 cm³/mol. The summed E-state index contributed by atoms with van der Waals surface area (Å²) in [5, 5.41) is 0. The van der Waals surface area contributed by atoms with Crippen molar-refractivity contribution in [2.45, 2.75) is 26.7 Å². The number of Topliss-reactive ketones (excluding diaryl/α,β-unsaturated/α-hetero) is 1. The molecule has 2 heteroatoms. The molecule has 1 aliphatic rings. The molecule has 0 aromatic carbocycles. The zero-order chi connectivity index (χ0) is 9.47.